The maximum Gasteiger partial charge on any atom is 0.231 e. The van der Waals surface area contributed by atoms with Crippen LogP contribution in [0.15, 0.2) is 54.6 Å². The third-order valence-electron chi connectivity index (χ3n) is 4.42. The van der Waals surface area contributed by atoms with Crippen LogP contribution in [0.1, 0.15) is 53.0 Å². The summed E-state index contributed by atoms with van der Waals surface area (Å²) in [5.74, 6) is 0.0387. The molecule has 150 valence electrons. The Morgan fingerprint density at radius 2 is 1.50 bits per heavy atom. The van der Waals surface area contributed by atoms with Crippen molar-refractivity contribution in [2.45, 2.75) is 52.9 Å². The Balaban J connectivity index is 1.84. The molecule has 0 unspecified atom stereocenters. The van der Waals surface area contributed by atoms with Gasteiger partial charge in [-0.25, -0.2) is 0 Å². The summed E-state index contributed by atoms with van der Waals surface area (Å²) in [5, 5.41) is 2.70. The van der Waals surface area contributed by atoms with Gasteiger partial charge in [-0.3, -0.25) is 9.59 Å². The summed E-state index contributed by atoms with van der Waals surface area (Å²) >= 11 is 0. The van der Waals surface area contributed by atoms with Gasteiger partial charge in [0.2, 0.25) is 5.91 Å². The summed E-state index contributed by atoms with van der Waals surface area (Å²) in [6.45, 7) is 11.1. The van der Waals surface area contributed by atoms with E-state index < -0.39 is 0 Å². The second-order valence-corrected chi connectivity index (χ2v) is 9.06. The summed E-state index contributed by atoms with van der Waals surface area (Å²) in [7, 11) is 0. The molecular weight excluding hydrogens is 350 g/mol. The zero-order valence-electron chi connectivity index (χ0n) is 17.5. The molecule has 0 radical (unpaired) electrons. The zero-order valence-corrected chi connectivity index (χ0v) is 17.5. The van der Waals surface area contributed by atoms with Crippen LogP contribution in [-0.2, 0) is 15.0 Å². The molecule has 0 aliphatic heterocycles. The minimum Gasteiger partial charge on any atom is -0.486 e. The van der Waals surface area contributed by atoms with Crippen molar-refractivity contribution in [1.29, 1.82) is 0 Å². The second-order valence-electron chi connectivity index (χ2n) is 9.06. The number of nitrogens with one attached hydrogen (secondary N) is 1. The van der Waals surface area contributed by atoms with Crippen LogP contribution in [0.5, 0.6) is 5.75 Å². The molecular formula is C24H31NO3. The van der Waals surface area contributed by atoms with Crippen molar-refractivity contribution in [1.82, 2.24) is 0 Å². The van der Waals surface area contributed by atoms with Crippen molar-refractivity contribution in [3.05, 3.63) is 60.2 Å². The topological polar surface area (TPSA) is 55.4 Å². The summed E-state index contributed by atoms with van der Waals surface area (Å²) in [6, 6.07) is 16.9. The van der Waals surface area contributed by atoms with Gasteiger partial charge in [0.1, 0.15) is 12.4 Å². The number of rotatable bonds is 8. The molecule has 0 spiro atoms. The maximum absolute atomic E-state index is 12.0. The number of Topliss-reactive ketones (excluding diaryl/α,β-unsaturated/α-hetero) is 1. The molecule has 4 nitrogen and oxygen atoms in total. The average molecular weight is 382 g/mol. The fourth-order valence-corrected chi connectivity index (χ4v) is 3.55. The van der Waals surface area contributed by atoms with E-state index in [0.29, 0.717) is 11.4 Å². The SMILES string of the molecule is CC(C)(C)CC(C)(C)c1ccc(OCC(=O)CC(=O)Nc2ccccc2)cc1. The summed E-state index contributed by atoms with van der Waals surface area (Å²) in [5.41, 5.74) is 2.21. The van der Waals surface area contributed by atoms with Gasteiger partial charge in [-0.1, -0.05) is 65.0 Å². The highest BCUT2D eigenvalue weighted by atomic mass is 16.5. The molecule has 1 amide bonds. The van der Waals surface area contributed by atoms with E-state index in [-0.39, 0.29) is 35.5 Å². The highest BCUT2D eigenvalue weighted by Gasteiger charge is 2.27. The predicted octanol–water partition coefficient (Wildman–Crippen LogP) is 5.38. The van der Waals surface area contributed by atoms with E-state index in [4.69, 9.17) is 4.74 Å². The molecule has 1 N–H and O–H groups in total. The number of carbonyl (C=O) groups is 2. The van der Waals surface area contributed by atoms with Gasteiger partial charge in [-0.15, -0.1) is 0 Å². The molecule has 2 aromatic rings. The minimum absolute atomic E-state index is 0.0577. The van der Waals surface area contributed by atoms with Gasteiger partial charge in [-0.05, 0) is 47.1 Å². The number of para-hydroxylation sites is 1. The molecule has 0 aromatic heterocycles. The third-order valence-corrected chi connectivity index (χ3v) is 4.42. The van der Waals surface area contributed by atoms with Gasteiger partial charge in [0, 0.05) is 5.69 Å². The fourth-order valence-electron chi connectivity index (χ4n) is 3.55. The fraction of sp³-hybridized carbons (Fsp3) is 0.417. The van der Waals surface area contributed by atoms with Gasteiger partial charge in [-0.2, -0.15) is 0 Å². The zero-order chi connectivity index (χ0) is 20.8. The van der Waals surface area contributed by atoms with Crippen molar-refractivity contribution in [3.63, 3.8) is 0 Å². The number of benzene rings is 2. The molecule has 0 atom stereocenters. The van der Waals surface area contributed by atoms with E-state index >= 15 is 0 Å². The first-order chi connectivity index (χ1) is 13.0. The Bertz CT molecular complexity index is 787. The number of ether oxygens (including phenoxy) is 1. The van der Waals surface area contributed by atoms with Gasteiger partial charge < -0.3 is 10.1 Å². The van der Waals surface area contributed by atoms with Gasteiger partial charge in [0.05, 0.1) is 6.42 Å². The average Bonchev–Trinajstić information content (AvgIpc) is 2.59. The quantitative estimate of drug-likeness (QED) is 0.625. The van der Waals surface area contributed by atoms with E-state index in [1.165, 1.54) is 5.56 Å². The van der Waals surface area contributed by atoms with Crippen LogP contribution in [0.4, 0.5) is 5.69 Å². The van der Waals surface area contributed by atoms with Crippen LogP contribution >= 0.6 is 0 Å². The van der Waals surface area contributed by atoms with Crippen molar-refractivity contribution in [3.8, 4) is 5.75 Å². The van der Waals surface area contributed by atoms with Gasteiger partial charge in [0.15, 0.2) is 5.78 Å². The number of ketones is 1. The first-order valence-corrected chi connectivity index (χ1v) is 9.65. The number of carbonyl (C=O) groups excluding carboxylic acids is 2. The largest absolute Gasteiger partial charge is 0.486 e. The van der Waals surface area contributed by atoms with Crippen LogP contribution in [0.2, 0.25) is 0 Å². The van der Waals surface area contributed by atoms with E-state index in [0.717, 1.165) is 6.42 Å². The Labute approximate surface area is 168 Å². The molecule has 2 rings (SSSR count). The van der Waals surface area contributed by atoms with Crippen molar-refractivity contribution in [2.75, 3.05) is 11.9 Å². The molecule has 0 saturated heterocycles. The van der Waals surface area contributed by atoms with Crippen LogP contribution in [0.25, 0.3) is 0 Å². The molecule has 28 heavy (non-hydrogen) atoms. The lowest BCUT2D eigenvalue weighted by Gasteiger charge is -2.33. The van der Waals surface area contributed by atoms with Crippen LogP contribution < -0.4 is 10.1 Å². The Morgan fingerprint density at radius 3 is 2.07 bits per heavy atom. The Hall–Kier alpha value is -2.62. The lowest BCUT2D eigenvalue weighted by Crippen LogP contribution is -2.24. The summed E-state index contributed by atoms with van der Waals surface area (Å²) < 4.78 is 5.56. The lowest BCUT2D eigenvalue weighted by atomic mass is 9.72. The second kappa shape index (κ2) is 9.05. The van der Waals surface area contributed by atoms with Crippen molar-refractivity contribution >= 4 is 17.4 Å². The highest BCUT2D eigenvalue weighted by molar-refractivity contribution is 6.04. The predicted molar refractivity (Wildman–Crippen MR) is 114 cm³/mol. The van der Waals surface area contributed by atoms with Crippen LogP contribution in [0.3, 0.4) is 0 Å². The maximum atomic E-state index is 12.0. The first-order valence-electron chi connectivity index (χ1n) is 9.65. The van der Waals surface area contributed by atoms with E-state index in [1.54, 1.807) is 12.1 Å². The summed E-state index contributed by atoms with van der Waals surface area (Å²) in [4.78, 5) is 23.9. The van der Waals surface area contributed by atoms with Gasteiger partial charge in [0.25, 0.3) is 0 Å². The minimum atomic E-state index is -0.334. The molecule has 0 bridgehead atoms. The van der Waals surface area contributed by atoms with E-state index in [9.17, 15) is 9.59 Å². The number of hydrogen-bond acceptors (Lipinski definition) is 3. The molecule has 0 aliphatic carbocycles. The monoisotopic (exact) mass is 381 g/mol. The molecule has 0 fully saturated rings. The van der Waals surface area contributed by atoms with Crippen molar-refractivity contribution in [2.24, 2.45) is 5.41 Å². The first kappa shape index (κ1) is 21.7. The normalized spacial score (nSPS) is 11.8. The highest BCUT2D eigenvalue weighted by Crippen LogP contribution is 2.36. The van der Waals surface area contributed by atoms with Crippen LogP contribution in [-0.4, -0.2) is 18.3 Å². The Morgan fingerprint density at radius 1 is 0.893 bits per heavy atom. The summed E-state index contributed by atoms with van der Waals surface area (Å²) in [6.07, 6.45) is 0.862. The number of amides is 1. The third kappa shape index (κ3) is 7.18. The molecule has 0 aliphatic rings. The molecule has 0 heterocycles. The smallest absolute Gasteiger partial charge is 0.231 e. The van der Waals surface area contributed by atoms with Crippen LogP contribution in [0, 0.1) is 5.41 Å². The van der Waals surface area contributed by atoms with E-state index in [1.807, 2.05) is 42.5 Å². The van der Waals surface area contributed by atoms with Gasteiger partial charge >= 0.3 is 0 Å². The Kier molecular flexibility index (Phi) is 7.00. The number of anilines is 1. The van der Waals surface area contributed by atoms with Crippen molar-refractivity contribution < 1.29 is 14.3 Å². The number of hydrogen-bond donors (Lipinski definition) is 1. The molecule has 0 saturated carbocycles. The van der Waals surface area contributed by atoms with E-state index in [2.05, 4.69) is 39.9 Å². The molecule has 4 heteroatoms. The molecule has 2 aromatic carbocycles. The standard InChI is InChI=1S/C24H31NO3/c1-23(2,3)17-24(4,5)18-11-13-21(14-12-18)28-16-20(26)15-22(27)25-19-9-7-6-8-10-19/h6-14H,15-17H2,1-5H3,(H,25,27). The lowest BCUT2D eigenvalue weighted by molar-refractivity contribution is -0.126.